The summed E-state index contributed by atoms with van der Waals surface area (Å²) in [5.41, 5.74) is 4.99. The molecule has 2 N–H and O–H groups in total. The van der Waals surface area contributed by atoms with E-state index in [9.17, 15) is 5.11 Å². The number of ether oxygens (including phenoxy) is 3. The highest BCUT2D eigenvalue weighted by atomic mass is 35.5. The number of nitrogens with zero attached hydrogens (tertiary/aromatic N) is 2. The lowest BCUT2D eigenvalue weighted by atomic mass is 9.96. The van der Waals surface area contributed by atoms with Crippen molar-refractivity contribution in [2.75, 3.05) is 13.2 Å². The van der Waals surface area contributed by atoms with E-state index in [-0.39, 0.29) is 24.9 Å². The average molecular weight is 428 g/mol. The molecule has 1 unspecified atom stereocenters. The second kappa shape index (κ2) is 7.20. The van der Waals surface area contributed by atoms with Gasteiger partial charge in [0.2, 0.25) is 0 Å². The summed E-state index contributed by atoms with van der Waals surface area (Å²) in [7, 11) is 0. The zero-order valence-corrected chi connectivity index (χ0v) is 17.0. The third-order valence-corrected chi connectivity index (χ3v) is 6.75. The molecule has 0 radical (unpaired) electrons. The first-order valence-corrected chi connectivity index (χ1v) is 10.7. The molecule has 3 aliphatic rings. The van der Waals surface area contributed by atoms with E-state index >= 15 is 0 Å². The van der Waals surface area contributed by atoms with Crippen molar-refractivity contribution in [2.24, 2.45) is 0 Å². The summed E-state index contributed by atoms with van der Waals surface area (Å²) in [5, 5.41) is 10.5. The molecule has 0 saturated carbocycles. The Morgan fingerprint density at radius 2 is 2.03 bits per heavy atom. The van der Waals surface area contributed by atoms with Crippen LogP contribution in [0.2, 0.25) is 5.02 Å². The van der Waals surface area contributed by atoms with Gasteiger partial charge in [-0.2, -0.15) is 4.98 Å². The highest BCUT2D eigenvalue weighted by Gasteiger charge is 2.48. The van der Waals surface area contributed by atoms with Crippen molar-refractivity contribution in [3.63, 3.8) is 0 Å². The smallest absolute Gasteiger partial charge is 0.296 e. The number of hydrogen-bond acceptors (Lipinski definition) is 6. The Labute approximate surface area is 178 Å². The van der Waals surface area contributed by atoms with Crippen LogP contribution in [0.25, 0.3) is 11.2 Å². The zero-order chi connectivity index (χ0) is 20.2. The number of nitrogens with one attached hydrogen (secondary N) is 1. The third kappa shape index (κ3) is 3.08. The van der Waals surface area contributed by atoms with Gasteiger partial charge in [-0.05, 0) is 42.4 Å². The van der Waals surface area contributed by atoms with Crippen molar-refractivity contribution >= 4 is 22.8 Å². The monoisotopic (exact) mass is 427 g/mol. The molecule has 0 spiro atoms. The van der Waals surface area contributed by atoms with Crippen molar-refractivity contribution in [3.8, 4) is 6.01 Å². The first-order valence-electron chi connectivity index (χ1n) is 10.4. The van der Waals surface area contributed by atoms with Gasteiger partial charge in [-0.15, -0.1) is 0 Å². The molecular formula is C22H22ClN3O4. The standard InChI is InChI=1S/C22H22ClN3O4/c23-14-8-16-21(24-15(14)7-12-6-5-11-3-1-2-4-13(11)12)26-22(25-16)30-18-10-29-19-17(27)9-28-20(18)19/h1-4,8,12,17-20,27H,5-7,9-10H2,(H,24,25,26)/t12?,17-,18-,19-,20-/m1/s1. The van der Waals surface area contributed by atoms with Gasteiger partial charge in [0.25, 0.3) is 6.01 Å². The Kier molecular flexibility index (Phi) is 4.46. The number of aliphatic hydroxyl groups excluding tert-OH is 1. The summed E-state index contributed by atoms with van der Waals surface area (Å²) in [6.45, 7) is 0.615. The van der Waals surface area contributed by atoms with Crippen LogP contribution in [0.3, 0.4) is 0 Å². The van der Waals surface area contributed by atoms with E-state index in [0.717, 1.165) is 30.5 Å². The number of aromatic amines is 1. The predicted molar refractivity (Wildman–Crippen MR) is 110 cm³/mol. The molecule has 6 rings (SSSR count). The van der Waals surface area contributed by atoms with E-state index in [1.807, 2.05) is 6.07 Å². The number of halogens is 1. The van der Waals surface area contributed by atoms with E-state index in [1.165, 1.54) is 11.1 Å². The van der Waals surface area contributed by atoms with Gasteiger partial charge >= 0.3 is 0 Å². The molecule has 4 heterocycles. The van der Waals surface area contributed by atoms with E-state index in [1.54, 1.807) is 0 Å². The Hall–Kier alpha value is -2.19. The highest BCUT2D eigenvalue weighted by Crippen LogP contribution is 2.37. The van der Waals surface area contributed by atoms with Crippen LogP contribution in [-0.2, 0) is 22.3 Å². The number of hydrogen-bond donors (Lipinski definition) is 2. The van der Waals surface area contributed by atoms with Crippen molar-refractivity contribution in [1.82, 2.24) is 15.0 Å². The van der Waals surface area contributed by atoms with Crippen LogP contribution in [0.1, 0.15) is 29.2 Å². The predicted octanol–water partition coefficient (Wildman–Crippen LogP) is 2.79. The van der Waals surface area contributed by atoms with Crippen molar-refractivity contribution < 1.29 is 19.3 Å². The summed E-state index contributed by atoms with van der Waals surface area (Å²) in [5.74, 6) is 0.428. The molecule has 3 aromatic rings. The number of benzene rings is 1. The van der Waals surface area contributed by atoms with Gasteiger partial charge in [0.05, 0.1) is 29.4 Å². The van der Waals surface area contributed by atoms with Crippen molar-refractivity contribution in [1.29, 1.82) is 0 Å². The quantitative estimate of drug-likeness (QED) is 0.665. The minimum absolute atomic E-state index is 0.264. The Balaban J connectivity index is 1.23. The lowest BCUT2D eigenvalue weighted by Gasteiger charge is -2.15. The summed E-state index contributed by atoms with van der Waals surface area (Å²) in [6, 6.07) is 10.8. The SMILES string of the molecule is O[C@@H]1CO[C@H]2[C@@H]1OC[C@H]2Oc1nc2nc(CC3CCc4ccccc43)c(Cl)cc2[nH]1. The fraction of sp³-hybridized carbons (Fsp3) is 0.455. The molecule has 2 aliphatic heterocycles. The minimum atomic E-state index is -0.608. The first-order chi connectivity index (χ1) is 14.7. The fourth-order valence-electron chi connectivity index (χ4n) is 4.91. The maximum Gasteiger partial charge on any atom is 0.296 e. The van der Waals surface area contributed by atoms with Gasteiger partial charge in [0, 0.05) is 0 Å². The molecule has 2 saturated heterocycles. The van der Waals surface area contributed by atoms with Crippen LogP contribution in [0, 0.1) is 0 Å². The minimum Gasteiger partial charge on any atom is -0.456 e. The summed E-state index contributed by atoms with van der Waals surface area (Å²) < 4.78 is 17.2. The van der Waals surface area contributed by atoms with E-state index in [0.29, 0.717) is 29.2 Å². The van der Waals surface area contributed by atoms with Gasteiger partial charge in [0.15, 0.2) is 11.8 Å². The van der Waals surface area contributed by atoms with Gasteiger partial charge in [0.1, 0.15) is 18.3 Å². The van der Waals surface area contributed by atoms with Gasteiger partial charge in [-0.3, -0.25) is 0 Å². The molecule has 2 fully saturated rings. The van der Waals surface area contributed by atoms with E-state index in [2.05, 4.69) is 34.2 Å². The van der Waals surface area contributed by atoms with Gasteiger partial charge < -0.3 is 24.3 Å². The molecule has 5 atom stereocenters. The number of fused-ring (bicyclic) bond motifs is 3. The second-order valence-corrected chi connectivity index (χ2v) is 8.70. The highest BCUT2D eigenvalue weighted by molar-refractivity contribution is 6.31. The van der Waals surface area contributed by atoms with E-state index < -0.39 is 6.10 Å². The van der Waals surface area contributed by atoms with Crippen LogP contribution < -0.4 is 4.74 Å². The maximum absolute atomic E-state index is 9.88. The van der Waals surface area contributed by atoms with Crippen LogP contribution in [0.4, 0.5) is 0 Å². The summed E-state index contributed by atoms with van der Waals surface area (Å²) in [6.07, 6.45) is 1.45. The molecule has 0 amide bonds. The maximum atomic E-state index is 9.88. The number of aromatic nitrogens is 3. The number of pyridine rings is 1. The molecule has 2 aromatic heterocycles. The third-order valence-electron chi connectivity index (χ3n) is 6.42. The topological polar surface area (TPSA) is 89.5 Å². The van der Waals surface area contributed by atoms with Crippen LogP contribution in [0.15, 0.2) is 30.3 Å². The van der Waals surface area contributed by atoms with Gasteiger partial charge in [-0.1, -0.05) is 35.9 Å². The number of imidazole rings is 1. The van der Waals surface area contributed by atoms with Gasteiger partial charge in [-0.25, -0.2) is 4.98 Å². The normalized spacial score (nSPS) is 30.0. The van der Waals surface area contributed by atoms with Crippen LogP contribution in [0.5, 0.6) is 6.01 Å². The largest absolute Gasteiger partial charge is 0.456 e. The molecule has 1 aliphatic carbocycles. The Morgan fingerprint density at radius 3 is 2.97 bits per heavy atom. The molecule has 0 bridgehead atoms. The molecule has 30 heavy (non-hydrogen) atoms. The fourth-order valence-corrected chi connectivity index (χ4v) is 5.14. The first kappa shape index (κ1) is 18.6. The number of rotatable bonds is 4. The zero-order valence-electron chi connectivity index (χ0n) is 16.3. The summed E-state index contributed by atoms with van der Waals surface area (Å²) >= 11 is 6.56. The molecule has 1 aromatic carbocycles. The van der Waals surface area contributed by atoms with Crippen LogP contribution in [-0.4, -0.2) is 57.7 Å². The number of aliphatic hydroxyl groups is 1. The number of aryl methyl sites for hydroxylation is 1. The van der Waals surface area contributed by atoms with Crippen molar-refractivity contribution in [2.45, 2.75) is 49.6 Å². The Bertz CT molecular complexity index is 1100. The number of H-pyrrole nitrogens is 1. The average Bonchev–Trinajstić information content (AvgIpc) is 3.49. The lowest BCUT2D eigenvalue weighted by Crippen LogP contribution is -2.34. The van der Waals surface area contributed by atoms with Crippen LogP contribution >= 0.6 is 11.6 Å². The Morgan fingerprint density at radius 1 is 1.17 bits per heavy atom. The molecular weight excluding hydrogens is 406 g/mol. The molecule has 156 valence electrons. The summed E-state index contributed by atoms with van der Waals surface area (Å²) in [4.78, 5) is 12.4. The van der Waals surface area contributed by atoms with E-state index in [4.69, 9.17) is 30.8 Å². The second-order valence-electron chi connectivity index (χ2n) is 8.29. The lowest BCUT2D eigenvalue weighted by molar-refractivity contribution is 0.00706. The molecule has 8 heteroatoms. The molecule has 7 nitrogen and oxygen atoms in total. The van der Waals surface area contributed by atoms with Crippen molar-refractivity contribution in [3.05, 3.63) is 52.2 Å².